The van der Waals surface area contributed by atoms with Gasteiger partial charge in [0.2, 0.25) is 0 Å². The number of piperidine rings is 1. The van der Waals surface area contributed by atoms with E-state index < -0.39 is 0 Å². The molecule has 2 N–H and O–H groups in total. The van der Waals surface area contributed by atoms with E-state index in [1.807, 2.05) is 0 Å². The van der Waals surface area contributed by atoms with Crippen LogP contribution in [0.4, 0.5) is 0 Å². The molecule has 1 fully saturated rings. The molecule has 1 heterocycles. The highest BCUT2D eigenvalue weighted by molar-refractivity contribution is 5.99. The number of hydrogen-bond acceptors (Lipinski definition) is 4. The number of amides is 1. The molecule has 5 nitrogen and oxygen atoms in total. The van der Waals surface area contributed by atoms with E-state index in [0.717, 1.165) is 13.0 Å². The number of ether oxygens (including phenoxy) is 2. The van der Waals surface area contributed by atoms with Gasteiger partial charge < -0.3 is 20.1 Å². The van der Waals surface area contributed by atoms with E-state index in [4.69, 9.17) is 9.47 Å². The third-order valence-electron chi connectivity index (χ3n) is 3.58. The first-order valence-corrected chi connectivity index (χ1v) is 6.99. The molecule has 1 atom stereocenters. The topological polar surface area (TPSA) is 59.6 Å². The van der Waals surface area contributed by atoms with Crippen LogP contribution >= 0.6 is 0 Å². The summed E-state index contributed by atoms with van der Waals surface area (Å²) in [7, 11) is 3.10. The summed E-state index contributed by atoms with van der Waals surface area (Å²) in [6, 6.07) is 5.68. The Kier molecular flexibility index (Phi) is 5.24. The maximum Gasteiger partial charge on any atom is 0.258 e. The highest BCUT2D eigenvalue weighted by Crippen LogP contribution is 2.27. The summed E-state index contributed by atoms with van der Waals surface area (Å²) in [6.07, 6.45) is 3.53. The molecule has 5 heteroatoms. The second-order valence-electron chi connectivity index (χ2n) is 4.89. The summed E-state index contributed by atoms with van der Waals surface area (Å²) in [4.78, 5) is 12.3. The van der Waals surface area contributed by atoms with Gasteiger partial charge in [-0.2, -0.15) is 0 Å². The molecule has 0 bridgehead atoms. The number of methoxy groups -OCH3 is 2. The molecule has 1 aliphatic heterocycles. The van der Waals surface area contributed by atoms with Crippen molar-refractivity contribution in [2.75, 3.05) is 27.3 Å². The van der Waals surface area contributed by atoms with Crippen molar-refractivity contribution in [3.63, 3.8) is 0 Å². The van der Waals surface area contributed by atoms with E-state index in [9.17, 15) is 4.79 Å². The van der Waals surface area contributed by atoms with Crippen LogP contribution in [0.2, 0.25) is 0 Å². The van der Waals surface area contributed by atoms with Gasteiger partial charge in [0.25, 0.3) is 5.91 Å². The molecule has 0 spiro atoms. The Balaban J connectivity index is 2.04. The van der Waals surface area contributed by atoms with Crippen LogP contribution in [0.15, 0.2) is 18.2 Å². The number of carbonyl (C=O) groups is 1. The lowest BCUT2D eigenvalue weighted by atomic mass is 10.0. The van der Waals surface area contributed by atoms with Gasteiger partial charge >= 0.3 is 0 Å². The smallest absolute Gasteiger partial charge is 0.258 e. The van der Waals surface area contributed by atoms with Crippen molar-refractivity contribution >= 4 is 5.91 Å². The molecular formula is C15H22N2O3. The largest absolute Gasteiger partial charge is 0.496 e. The second-order valence-corrected chi connectivity index (χ2v) is 4.89. The van der Waals surface area contributed by atoms with E-state index in [1.165, 1.54) is 12.8 Å². The van der Waals surface area contributed by atoms with Gasteiger partial charge in [-0.1, -0.05) is 12.5 Å². The molecule has 1 aromatic carbocycles. The van der Waals surface area contributed by atoms with Crippen LogP contribution in [0.25, 0.3) is 0 Å². The Labute approximate surface area is 119 Å². The minimum atomic E-state index is -0.160. The van der Waals surface area contributed by atoms with Gasteiger partial charge in [0.15, 0.2) is 0 Å². The molecule has 0 radical (unpaired) electrons. The SMILES string of the molecule is COc1cccc(OC)c1C(=O)NCC1CCCCN1. The summed E-state index contributed by atoms with van der Waals surface area (Å²) in [6.45, 7) is 1.65. The molecule has 1 aliphatic rings. The normalized spacial score (nSPS) is 18.4. The van der Waals surface area contributed by atoms with Crippen molar-refractivity contribution < 1.29 is 14.3 Å². The first-order chi connectivity index (χ1) is 9.76. The van der Waals surface area contributed by atoms with Crippen LogP contribution < -0.4 is 20.1 Å². The highest BCUT2D eigenvalue weighted by atomic mass is 16.5. The van der Waals surface area contributed by atoms with Gasteiger partial charge in [0.1, 0.15) is 17.1 Å². The molecule has 0 aromatic heterocycles. The van der Waals surface area contributed by atoms with Gasteiger partial charge in [-0.05, 0) is 31.5 Å². The van der Waals surface area contributed by atoms with Crippen molar-refractivity contribution in [3.8, 4) is 11.5 Å². The maximum absolute atomic E-state index is 12.3. The Bertz CT molecular complexity index is 434. The maximum atomic E-state index is 12.3. The van der Waals surface area contributed by atoms with Crippen LogP contribution in [0.5, 0.6) is 11.5 Å². The molecule has 20 heavy (non-hydrogen) atoms. The van der Waals surface area contributed by atoms with Crippen molar-refractivity contribution in [1.29, 1.82) is 0 Å². The van der Waals surface area contributed by atoms with Crippen LogP contribution in [0, 0.1) is 0 Å². The number of benzene rings is 1. The third kappa shape index (κ3) is 3.42. The summed E-state index contributed by atoms with van der Waals surface area (Å²) < 4.78 is 10.5. The summed E-state index contributed by atoms with van der Waals surface area (Å²) in [5.41, 5.74) is 0.452. The van der Waals surface area contributed by atoms with Crippen molar-refractivity contribution in [2.24, 2.45) is 0 Å². The fourth-order valence-electron chi connectivity index (χ4n) is 2.48. The van der Waals surface area contributed by atoms with Gasteiger partial charge in [-0.3, -0.25) is 4.79 Å². The highest BCUT2D eigenvalue weighted by Gasteiger charge is 2.19. The van der Waals surface area contributed by atoms with E-state index >= 15 is 0 Å². The summed E-state index contributed by atoms with van der Waals surface area (Å²) in [5, 5.41) is 6.36. The molecule has 2 rings (SSSR count). The van der Waals surface area contributed by atoms with Crippen LogP contribution in [0.1, 0.15) is 29.6 Å². The third-order valence-corrected chi connectivity index (χ3v) is 3.58. The van der Waals surface area contributed by atoms with E-state index in [1.54, 1.807) is 32.4 Å². The van der Waals surface area contributed by atoms with Gasteiger partial charge in [-0.25, -0.2) is 0 Å². The molecule has 0 saturated carbocycles. The molecule has 110 valence electrons. The van der Waals surface area contributed by atoms with Crippen LogP contribution in [-0.4, -0.2) is 39.3 Å². The minimum Gasteiger partial charge on any atom is -0.496 e. The van der Waals surface area contributed by atoms with Crippen LogP contribution in [-0.2, 0) is 0 Å². The second kappa shape index (κ2) is 7.14. The molecular weight excluding hydrogens is 256 g/mol. The predicted octanol–water partition coefficient (Wildman–Crippen LogP) is 1.58. The van der Waals surface area contributed by atoms with Gasteiger partial charge in [0.05, 0.1) is 14.2 Å². The average molecular weight is 278 g/mol. The molecule has 1 aromatic rings. The quantitative estimate of drug-likeness (QED) is 0.858. The number of hydrogen-bond donors (Lipinski definition) is 2. The lowest BCUT2D eigenvalue weighted by molar-refractivity contribution is 0.0941. The summed E-state index contributed by atoms with van der Waals surface area (Å²) in [5.74, 6) is 0.892. The first kappa shape index (κ1) is 14.7. The van der Waals surface area contributed by atoms with Crippen molar-refractivity contribution in [3.05, 3.63) is 23.8 Å². The molecule has 1 amide bonds. The van der Waals surface area contributed by atoms with Gasteiger partial charge in [-0.15, -0.1) is 0 Å². The number of nitrogens with one attached hydrogen (secondary N) is 2. The minimum absolute atomic E-state index is 0.160. The van der Waals surface area contributed by atoms with Gasteiger partial charge in [0, 0.05) is 12.6 Å². The zero-order chi connectivity index (χ0) is 14.4. The lowest BCUT2D eigenvalue weighted by Crippen LogP contribution is -2.43. The zero-order valence-electron chi connectivity index (χ0n) is 12.1. The predicted molar refractivity (Wildman–Crippen MR) is 77.5 cm³/mol. The van der Waals surface area contributed by atoms with Crippen molar-refractivity contribution in [1.82, 2.24) is 10.6 Å². The fraction of sp³-hybridized carbons (Fsp3) is 0.533. The fourth-order valence-corrected chi connectivity index (χ4v) is 2.48. The monoisotopic (exact) mass is 278 g/mol. The number of carbonyl (C=O) groups excluding carboxylic acids is 1. The Morgan fingerprint density at radius 3 is 2.55 bits per heavy atom. The molecule has 1 unspecified atom stereocenters. The van der Waals surface area contributed by atoms with E-state index in [0.29, 0.717) is 29.6 Å². The molecule has 0 aliphatic carbocycles. The summed E-state index contributed by atoms with van der Waals surface area (Å²) >= 11 is 0. The zero-order valence-corrected chi connectivity index (χ0v) is 12.1. The average Bonchev–Trinajstić information content (AvgIpc) is 2.52. The number of rotatable bonds is 5. The standard InChI is InChI=1S/C15H22N2O3/c1-19-12-7-5-8-13(20-2)14(12)15(18)17-10-11-6-3-4-9-16-11/h5,7-8,11,16H,3-4,6,9-10H2,1-2H3,(H,17,18). The molecule has 1 saturated heterocycles. The van der Waals surface area contributed by atoms with E-state index in [2.05, 4.69) is 10.6 Å². The first-order valence-electron chi connectivity index (χ1n) is 6.99. The lowest BCUT2D eigenvalue weighted by Gasteiger charge is -2.24. The van der Waals surface area contributed by atoms with E-state index in [-0.39, 0.29) is 5.91 Å². The Hall–Kier alpha value is -1.75. The van der Waals surface area contributed by atoms with Crippen molar-refractivity contribution in [2.45, 2.75) is 25.3 Å². The Morgan fingerprint density at radius 2 is 2.00 bits per heavy atom. The Morgan fingerprint density at radius 1 is 1.30 bits per heavy atom. The van der Waals surface area contributed by atoms with Crippen LogP contribution in [0.3, 0.4) is 0 Å².